The van der Waals surface area contributed by atoms with Gasteiger partial charge in [-0.25, -0.2) is 0 Å². The van der Waals surface area contributed by atoms with E-state index in [1.54, 1.807) is 17.0 Å². The lowest BCUT2D eigenvalue weighted by atomic mass is 9.95. The molecule has 0 saturated carbocycles. The second-order valence-corrected chi connectivity index (χ2v) is 8.36. The molecule has 1 atom stereocenters. The molecular formula is C25H24F3N5O2. The van der Waals surface area contributed by atoms with Gasteiger partial charge >= 0.3 is 6.18 Å². The number of carbonyl (C=O) groups is 2. The third-order valence-electron chi connectivity index (χ3n) is 5.90. The van der Waals surface area contributed by atoms with E-state index in [4.69, 9.17) is 0 Å². The number of hydrogen-bond acceptors (Lipinski definition) is 6. The van der Waals surface area contributed by atoms with E-state index in [1.807, 2.05) is 26.0 Å². The predicted octanol–water partition coefficient (Wildman–Crippen LogP) is 4.03. The van der Waals surface area contributed by atoms with Crippen molar-refractivity contribution in [3.8, 4) is 0 Å². The summed E-state index contributed by atoms with van der Waals surface area (Å²) in [5, 5.41) is 13.7. The van der Waals surface area contributed by atoms with E-state index in [-0.39, 0.29) is 12.2 Å². The van der Waals surface area contributed by atoms with Gasteiger partial charge in [0.05, 0.1) is 17.4 Å². The van der Waals surface area contributed by atoms with Crippen LogP contribution in [0.4, 0.5) is 24.5 Å². The van der Waals surface area contributed by atoms with Crippen LogP contribution in [0.25, 0.3) is 0 Å². The third-order valence-corrected chi connectivity index (χ3v) is 5.90. The average Bonchev–Trinajstić information content (AvgIpc) is 2.84. The summed E-state index contributed by atoms with van der Waals surface area (Å²) in [5.41, 5.74) is 1.41. The Morgan fingerprint density at radius 3 is 2.63 bits per heavy atom. The molecule has 1 aliphatic rings. The van der Waals surface area contributed by atoms with Gasteiger partial charge in [0.1, 0.15) is 6.04 Å². The normalized spacial score (nSPS) is 16.1. The highest BCUT2D eigenvalue weighted by molar-refractivity contribution is 6.08. The van der Waals surface area contributed by atoms with E-state index in [0.29, 0.717) is 24.5 Å². The highest BCUT2D eigenvalue weighted by atomic mass is 19.4. The SMILES string of the molecule is Cc1ccc(NC(=O)c2nnccc2N2CCNCC2C(=O)c2ccccc2C(F)(F)F)c(C)c1. The van der Waals surface area contributed by atoms with Crippen molar-refractivity contribution in [2.24, 2.45) is 0 Å². The molecule has 35 heavy (non-hydrogen) atoms. The standard InChI is InChI=1S/C25H24F3N5O2/c1-15-7-8-19(16(2)13-15)31-24(35)22-20(9-10-30-32-22)33-12-11-29-14-21(33)23(34)17-5-3-4-6-18(17)25(26,27)28/h3-10,13,21,29H,11-12,14H2,1-2H3,(H,31,35). The van der Waals surface area contributed by atoms with Gasteiger partial charge in [0, 0.05) is 30.9 Å². The van der Waals surface area contributed by atoms with Crippen LogP contribution in [0.2, 0.25) is 0 Å². The number of nitrogens with one attached hydrogen (secondary N) is 2. The van der Waals surface area contributed by atoms with Crippen molar-refractivity contribution in [3.63, 3.8) is 0 Å². The first-order valence-electron chi connectivity index (χ1n) is 11.0. The van der Waals surface area contributed by atoms with Gasteiger partial charge in [-0.05, 0) is 37.6 Å². The average molecular weight is 483 g/mol. The Morgan fingerprint density at radius 2 is 1.89 bits per heavy atom. The fraction of sp³-hybridized carbons (Fsp3) is 0.280. The lowest BCUT2D eigenvalue weighted by molar-refractivity contribution is -0.137. The Morgan fingerprint density at radius 1 is 1.11 bits per heavy atom. The van der Waals surface area contributed by atoms with Crippen LogP contribution < -0.4 is 15.5 Å². The summed E-state index contributed by atoms with van der Waals surface area (Å²) in [6.07, 6.45) is -3.29. The summed E-state index contributed by atoms with van der Waals surface area (Å²) in [6.45, 7) is 4.69. The van der Waals surface area contributed by atoms with Gasteiger partial charge in [-0.2, -0.15) is 18.3 Å². The first-order valence-corrected chi connectivity index (χ1v) is 11.0. The number of Topliss-reactive ketones (excluding diaryl/α,β-unsaturated/α-hetero) is 1. The van der Waals surface area contributed by atoms with Gasteiger partial charge in [-0.3, -0.25) is 9.59 Å². The molecule has 1 unspecified atom stereocenters. The number of benzene rings is 2. The van der Waals surface area contributed by atoms with Gasteiger partial charge in [-0.15, -0.1) is 5.10 Å². The lowest BCUT2D eigenvalue weighted by Gasteiger charge is -2.37. The number of anilines is 2. The Hall–Kier alpha value is -3.79. The molecule has 3 aromatic rings. The molecule has 7 nitrogen and oxygen atoms in total. The van der Waals surface area contributed by atoms with Crippen LogP contribution in [0.1, 0.15) is 37.5 Å². The number of ketones is 1. The van der Waals surface area contributed by atoms with Gasteiger partial charge in [0.2, 0.25) is 0 Å². The Kier molecular flexibility index (Phi) is 6.83. The Bertz CT molecular complexity index is 1260. The van der Waals surface area contributed by atoms with Crippen molar-refractivity contribution >= 4 is 23.1 Å². The minimum Gasteiger partial charge on any atom is -0.357 e. The lowest BCUT2D eigenvalue weighted by Crippen LogP contribution is -2.55. The maximum Gasteiger partial charge on any atom is 0.417 e. The van der Waals surface area contributed by atoms with Crippen LogP contribution in [-0.2, 0) is 6.18 Å². The van der Waals surface area contributed by atoms with Gasteiger partial charge in [0.15, 0.2) is 11.5 Å². The predicted molar refractivity (Wildman–Crippen MR) is 126 cm³/mol. The molecule has 1 fully saturated rings. The van der Waals surface area contributed by atoms with Crippen LogP contribution in [0.5, 0.6) is 0 Å². The highest BCUT2D eigenvalue weighted by Gasteiger charge is 2.39. The molecule has 4 rings (SSSR count). The monoisotopic (exact) mass is 483 g/mol. The fourth-order valence-corrected chi connectivity index (χ4v) is 4.21. The largest absolute Gasteiger partial charge is 0.417 e. The fourth-order valence-electron chi connectivity index (χ4n) is 4.21. The van der Waals surface area contributed by atoms with Crippen LogP contribution in [-0.4, -0.2) is 47.6 Å². The molecule has 0 radical (unpaired) electrons. The third kappa shape index (κ3) is 5.17. The minimum absolute atomic E-state index is 0.0173. The van der Waals surface area contributed by atoms with E-state index in [1.165, 1.54) is 24.4 Å². The molecule has 0 bridgehead atoms. The molecule has 2 N–H and O–H groups in total. The summed E-state index contributed by atoms with van der Waals surface area (Å²) >= 11 is 0. The topological polar surface area (TPSA) is 87.2 Å². The first kappa shape index (κ1) is 24.3. The summed E-state index contributed by atoms with van der Waals surface area (Å²) in [7, 11) is 0. The van der Waals surface area contributed by atoms with E-state index < -0.39 is 35.0 Å². The molecule has 0 aliphatic carbocycles. The minimum atomic E-state index is -4.67. The molecular weight excluding hydrogens is 459 g/mol. The van der Waals surface area contributed by atoms with Crippen LogP contribution in [0, 0.1) is 13.8 Å². The summed E-state index contributed by atoms with van der Waals surface area (Å²) < 4.78 is 40.7. The number of halogens is 3. The van der Waals surface area contributed by atoms with Crippen LogP contribution in [0.3, 0.4) is 0 Å². The number of nitrogens with zero attached hydrogens (tertiary/aromatic N) is 3. The number of alkyl halides is 3. The number of piperazine rings is 1. The van der Waals surface area contributed by atoms with Crippen molar-refractivity contribution in [2.45, 2.75) is 26.1 Å². The van der Waals surface area contributed by atoms with Crippen LogP contribution in [0.15, 0.2) is 54.7 Å². The summed E-state index contributed by atoms with van der Waals surface area (Å²) in [5.74, 6) is -1.22. The Balaban J connectivity index is 1.68. The molecule has 0 spiro atoms. The van der Waals surface area contributed by atoms with Gasteiger partial charge in [0.25, 0.3) is 5.91 Å². The maximum atomic E-state index is 13.6. The molecule has 1 amide bonds. The molecule has 1 aromatic heterocycles. The van der Waals surface area contributed by atoms with Crippen molar-refractivity contribution < 1.29 is 22.8 Å². The zero-order chi connectivity index (χ0) is 25.2. The maximum absolute atomic E-state index is 13.6. The molecule has 1 saturated heterocycles. The van der Waals surface area contributed by atoms with E-state index in [9.17, 15) is 22.8 Å². The number of amides is 1. The molecule has 182 valence electrons. The van der Waals surface area contributed by atoms with Crippen LogP contribution >= 0.6 is 0 Å². The number of aryl methyl sites for hydroxylation is 2. The van der Waals surface area contributed by atoms with Crippen molar-refractivity contribution in [2.75, 3.05) is 29.9 Å². The van der Waals surface area contributed by atoms with Gasteiger partial charge in [-0.1, -0.05) is 35.9 Å². The molecule has 2 heterocycles. The zero-order valence-electron chi connectivity index (χ0n) is 19.2. The second kappa shape index (κ2) is 9.83. The number of aromatic nitrogens is 2. The molecule has 10 heteroatoms. The van der Waals surface area contributed by atoms with E-state index in [0.717, 1.165) is 17.2 Å². The van der Waals surface area contributed by atoms with Gasteiger partial charge < -0.3 is 15.5 Å². The second-order valence-electron chi connectivity index (χ2n) is 8.36. The highest BCUT2D eigenvalue weighted by Crippen LogP contribution is 2.33. The van der Waals surface area contributed by atoms with Crippen molar-refractivity contribution in [1.82, 2.24) is 15.5 Å². The molecule has 2 aromatic carbocycles. The number of carbonyl (C=O) groups excluding carboxylic acids is 2. The summed E-state index contributed by atoms with van der Waals surface area (Å²) in [4.78, 5) is 28.2. The van der Waals surface area contributed by atoms with Crippen molar-refractivity contribution in [1.29, 1.82) is 0 Å². The molecule has 1 aliphatic heterocycles. The van der Waals surface area contributed by atoms with E-state index in [2.05, 4.69) is 20.8 Å². The summed E-state index contributed by atoms with van der Waals surface area (Å²) in [6, 6.07) is 10.9. The Labute approximate surface area is 200 Å². The number of rotatable bonds is 5. The first-order chi connectivity index (χ1) is 16.7. The number of hydrogen-bond donors (Lipinski definition) is 2. The zero-order valence-corrected chi connectivity index (χ0v) is 19.2. The van der Waals surface area contributed by atoms with E-state index >= 15 is 0 Å². The smallest absolute Gasteiger partial charge is 0.357 e. The quantitative estimate of drug-likeness (QED) is 0.533. The van der Waals surface area contributed by atoms with Crippen molar-refractivity contribution in [3.05, 3.63) is 82.7 Å².